The van der Waals surface area contributed by atoms with E-state index in [1.54, 1.807) is 19.2 Å². The molecule has 0 unspecified atom stereocenters. The highest BCUT2D eigenvalue weighted by Crippen LogP contribution is 2.19. The molecule has 0 spiro atoms. The molecule has 1 heterocycles. The third kappa shape index (κ3) is 5.00. The van der Waals surface area contributed by atoms with Crippen LogP contribution in [0, 0.1) is 0 Å². The first-order valence-electron chi connectivity index (χ1n) is 7.94. The van der Waals surface area contributed by atoms with Crippen LogP contribution in [0.2, 0.25) is 0 Å². The molecular weight excluding hydrogens is 358 g/mol. The first-order valence-corrected chi connectivity index (χ1v) is 7.94. The van der Waals surface area contributed by atoms with Gasteiger partial charge in [-0.15, -0.1) is 10.2 Å². The van der Waals surface area contributed by atoms with Crippen molar-refractivity contribution in [3.05, 3.63) is 70.1 Å². The summed E-state index contributed by atoms with van der Waals surface area (Å²) in [5.41, 5.74) is 1.32. The molecule has 7 nitrogen and oxygen atoms in total. The molecule has 9 heteroatoms. The molecule has 2 aromatic carbocycles. The molecule has 0 fully saturated rings. The zero-order valence-corrected chi connectivity index (χ0v) is 14.3. The van der Waals surface area contributed by atoms with E-state index in [1.807, 2.05) is 12.1 Å². The van der Waals surface area contributed by atoms with E-state index in [0.717, 1.165) is 11.3 Å². The number of aromatic amines is 1. The number of benzene rings is 2. The van der Waals surface area contributed by atoms with Crippen molar-refractivity contribution in [1.29, 1.82) is 0 Å². The number of nitrogens with zero attached hydrogens (tertiary/aromatic N) is 2. The molecule has 0 saturated heterocycles. The molecule has 0 aliphatic carbocycles. The van der Waals surface area contributed by atoms with Gasteiger partial charge in [0.15, 0.2) is 0 Å². The molecule has 3 aromatic rings. The predicted molar refractivity (Wildman–Crippen MR) is 94.8 cm³/mol. The smallest absolute Gasteiger partial charge is 0.387 e. The highest BCUT2D eigenvalue weighted by molar-refractivity contribution is 5.54. The maximum atomic E-state index is 12.2. The number of rotatable bonds is 7. The Balaban J connectivity index is 1.67. The number of hydrogen-bond donors (Lipinski definition) is 2. The summed E-state index contributed by atoms with van der Waals surface area (Å²) in [5.74, 6) is 0.897. The number of anilines is 2. The van der Waals surface area contributed by atoms with Crippen LogP contribution in [0.15, 0.2) is 53.3 Å². The molecule has 2 N–H and O–H groups in total. The van der Waals surface area contributed by atoms with E-state index in [9.17, 15) is 13.6 Å². The Morgan fingerprint density at radius 2 is 1.70 bits per heavy atom. The van der Waals surface area contributed by atoms with Gasteiger partial charge in [0, 0.05) is 12.1 Å². The first kappa shape index (κ1) is 18.3. The average molecular weight is 374 g/mol. The van der Waals surface area contributed by atoms with Crippen LogP contribution in [0.3, 0.4) is 0 Å². The predicted octanol–water partition coefficient (Wildman–Crippen LogP) is 3.11. The van der Waals surface area contributed by atoms with Crippen molar-refractivity contribution in [2.45, 2.75) is 13.0 Å². The van der Waals surface area contributed by atoms with Gasteiger partial charge in [0.25, 0.3) is 5.56 Å². The standard InChI is InChI=1S/C18H16F2N4O3/c1-26-13-6-2-11(3-7-13)10-15-16(25)22-18(24-23-15)21-12-4-8-14(9-5-12)27-17(19)20/h2-9,17H,10H2,1H3,(H2,21,22,24,25). The largest absolute Gasteiger partial charge is 0.497 e. The van der Waals surface area contributed by atoms with Gasteiger partial charge in [0.05, 0.1) is 7.11 Å². The molecule has 0 aliphatic heterocycles. The van der Waals surface area contributed by atoms with Crippen molar-refractivity contribution in [3.8, 4) is 11.5 Å². The minimum Gasteiger partial charge on any atom is -0.497 e. The molecule has 0 amide bonds. The fourth-order valence-electron chi connectivity index (χ4n) is 2.33. The van der Waals surface area contributed by atoms with Crippen LogP contribution in [0.5, 0.6) is 11.5 Å². The molecule has 0 atom stereocenters. The van der Waals surface area contributed by atoms with Gasteiger partial charge >= 0.3 is 6.61 Å². The van der Waals surface area contributed by atoms with E-state index in [1.165, 1.54) is 24.3 Å². The van der Waals surface area contributed by atoms with Crippen molar-refractivity contribution in [2.24, 2.45) is 0 Å². The molecule has 0 saturated carbocycles. The van der Waals surface area contributed by atoms with E-state index in [0.29, 0.717) is 12.1 Å². The molecule has 0 bridgehead atoms. The number of H-pyrrole nitrogens is 1. The quantitative estimate of drug-likeness (QED) is 0.661. The Hall–Kier alpha value is -3.49. The van der Waals surface area contributed by atoms with Crippen molar-refractivity contribution in [2.75, 3.05) is 12.4 Å². The van der Waals surface area contributed by atoms with Crippen LogP contribution >= 0.6 is 0 Å². The first-order chi connectivity index (χ1) is 13.0. The summed E-state index contributed by atoms with van der Waals surface area (Å²) >= 11 is 0. The molecule has 3 rings (SSSR count). The fraction of sp³-hybridized carbons (Fsp3) is 0.167. The van der Waals surface area contributed by atoms with E-state index in [2.05, 4.69) is 25.2 Å². The van der Waals surface area contributed by atoms with E-state index in [-0.39, 0.29) is 23.0 Å². The Kier molecular flexibility index (Phi) is 5.60. The Labute approximate surface area is 153 Å². The minimum absolute atomic E-state index is 0.0324. The van der Waals surface area contributed by atoms with Crippen molar-refractivity contribution >= 4 is 11.6 Å². The lowest BCUT2D eigenvalue weighted by molar-refractivity contribution is -0.0498. The highest BCUT2D eigenvalue weighted by Gasteiger charge is 2.08. The summed E-state index contributed by atoms with van der Waals surface area (Å²) in [7, 11) is 1.58. The SMILES string of the molecule is COc1ccc(Cc2nnc(Nc3ccc(OC(F)F)cc3)[nH]c2=O)cc1. The monoisotopic (exact) mass is 374 g/mol. The number of aromatic nitrogens is 3. The molecule has 27 heavy (non-hydrogen) atoms. The van der Waals surface area contributed by atoms with Crippen LogP contribution in [0.4, 0.5) is 20.4 Å². The molecular formula is C18H16F2N4O3. The van der Waals surface area contributed by atoms with Crippen LogP contribution in [0.1, 0.15) is 11.3 Å². The van der Waals surface area contributed by atoms with Crippen molar-refractivity contribution < 1.29 is 18.3 Å². The maximum absolute atomic E-state index is 12.2. The fourth-order valence-corrected chi connectivity index (χ4v) is 2.33. The third-order valence-electron chi connectivity index (χ3n) is 3.64. The van der Waals surface area contributed by atoms with Crippen LogP contribution in [-0.2, 0) is 6.42 Å². The lowest BCUT2D eigenvalue weighted by Gasteiger charge is -2.08. The van der Waals surface area contributed by atoms with Gasteiger partial charge in [0.2, 0.25) is 5.95 Å². The summed E-state index contributed by atoms with van der Waals surface area (Å²) < 4.78 is 33.6. The zero-order valence-electron chi connectivity index (χ0n) is 14.3. The molecule has 140 valence electrons. The zero-order chi connectivity index (χ0) is 19.2. The Morgan fingerprint density at radius 1 is 1.04 bits per heavy atom. The second kappa shape index (κ2) is 8.26. The lowest BCUT2D eigenvalue weighted by atomic mass is 10.1. The van der Waals surface area contributed by atoms with E-state index < -0.39 is 6.61 Å². The van der Waals surface area contributed by atoms with Gasteiger partial charge < -0.3 is 14.8 Å². The molecule has 1 aromatic heterocycles. The van der Waals surface area contributed by atoms with Gasteiger partial charge in [-0.1, -0.05) is 12.1 Å². The Bertz CT molecular complexity index is 944. The number of alkyl halides is 2. The van der Waals surface area contributed by atoms with Crippen LogP contribution in [-0.4, -0.2) is 28.9 Å². The van der Waals surface area contributed by atoms with Gasteiger partial charge in [-0.05, 0) is 42.0 Å². The number of ether oxygens (including phenoxy) is 2. The number of nitrogens with one attached hydrogen (secondary N) is 2. The van der Waals surface area contributed by atoms with Gasteiger partial charge in [-0.3, -0.25) is 9.78 Å². The summed E-state index contributed by atoms with van der Waals surface area (Å²) in [6, 6.07) is 13.1. The topological polar surface area (TPSA) is 89.1 Å². The minimum atomic E-state index is -2.88. The Morgan fingerprint density at radius 3 is 2.30 bits per heavy atom. The summed E-state index contributed by atoms with van der Waals surface area (Å²) in [5, 5.41) is 10.7. The highest BCUT2D eigenvalue weighted by atomic mass is 19.3. The normalized spacial score (nSPS) is 10.7. The van der Waals surface area contributed by atoms with E-state index >= 15 is 0 Å². The number of halogens is 2. The number of methoxy groups -OCH3 is 1. The van der Waals surface area contributed by atoms with Crippen molar-refractivity contribution in [3.63, 3.8) is 0 Å². The second-order valence-electron chi connectivity index (χ2n) is 5.50. The molecule has 0 aliphatic rings. The van der Waals surface area contributed by atoms with Gasteiger partial charge in [0.1, 0.15) is 17.2 Å². The lowest BCUT2D eigenvalue weighted by Crippen LogP contribution is -2.18. The van der Waals surface area contributed by atoms with Gasteiger partial charge in [-0.2, -0.15) is 8.78 Å². The van der Waals surface area contributed by atoms with E-state index in [4.69, 9.17) is 4.74 Å². The second-order valence-corrected chi connectivity index (χ2v) is 5.50. The summed E-state index contributed by atoms with van der Waals surface area (Å²) in [4.78, 5) is 14.8. The molecule has 0 radical (unpaired) electrons. The maximum Gasteiger partial charge on any atom is 0.387 e. The summed E-state index contributed by atoms with van der Waals surface area (Å²) in [6.45, 7) is -2.88. The average Bonchev–Trinajstić information content (AvgIpc) is 2.66. The van der Waals surface area contributed by atoms with Gasteiger partial charge in [-0.25, -0.2) is 0 Å². The third-order valence-corrected chi connectivity index (χ3v) is 3.64. The summed E-state index contributed by atoms with van der Waals surface area (Å²) in [6.07, 6.45) is 0.326. The van der Waals surface area contributed by atoms with Crippen molar-refractivity contribution in [1.82, 2.24) is 15.2 Å². The van der Waals surface area contributed by atoms with Crippen LogP contribution in [0.25, 0.3) is 0 Å². The van der Waals surface area contributed by atoms with Crippen LogP contribution < -0.4 is 20.3 Å². The number of hydrogen-bond acceptors (Lipinski definition) is 6.